The highest BCUT2D eigenvalue weighted by atomic mass is 16.2. The number of nitrogens with one attached hydrogen (secondary N) is 2. The lowest BCUT2D eigenvalue weighted by Crippen LogP contribution is -2.46. The van der Waals surface area contributed by atoms with E-state index >= 15 is 0 Å². The maximum atomic E-state index is 11.8. The summed E-state index contributed by atoms with van der Waals surface area (Å²) in [5.41, 5.74) is 0.814. The third-order valence-corrected chi connectivity index (χ3v) is 2.10. The molecule has 0 bridgehead atoms. The van der Waals surface area contributed by atoms with Crippen LogP contribution < -0.4 is 5.32 Å². The van der Waals surface area contributed by atoms with Crippen molar-refractivity contribution in [2.45, 2.75) is 19.4 Å². The van der Waals surface area contributed by atoms with Crippen molar-refractivity contribution in [3.63, 3.8) is 0 Å². The van der Waals surface area contributed by atoms with Crippen molar-refractivity contribution in [2.75, 3.05) is 14.1 Å². The summed E-state index contributed by atoms with van der Waals surface area (Å²) < 4.78 is 0. The quantitative estimate of drug-likeness (QED) is 0.726. The van der Waals surface area contributed by atoms with Crippen molar-refractivity contribution < 1.29 is 9.59 Å². The molecule has 0 aliphatic carbocycles. The normalized spacial score (nSPS) is 11.9. The lowest BCUT2D eigenvalue weighted by Gasteiger charge is -2.20. The molecule has 1 aromatic rings. The Morgan fingerprint density at radius 3 is 2.69 bits per heavy atom. The van der Waals surface area contributed by atoms with Crippen molar-refractivity contribution >= 4 is 11.8 Å². The number of rotatable bonds is 4. The van der Waals surface area contributed by atoms with E-state index in [9.17, 15) is 9.59 Å². The third kappa shape index (κ3) is 3.38. The molecule has 1 heterocycles. The molecule has 0 radical (unpaired) electrons. The van der Waals surface area contributed by atoms with E-state index in [2.05, 4.69) is 15.3 Å². The molecule has 1 atom stereocenters. The van der Waals surface area contributed by atoms with E-state index in [4.69, 9.17) is 0 Å². The van der Waals surface area contributed by atoms with E-state index in [0.717, 1.165) is 5.69 Å². The molecule has 6 nitrogen and oxygen atoms in total. The number of hydrogen-bond donors (Lipinski definition) is 2. The van der Waals surface area contributed by atoms with Crippen molar-refractivity contribution in [3.8, 4) is 0 Å². The predicted octanol–water partition coefficient (Wildman–Crippen LogP) is -0.455. The van der Waals surface area contributed by atoms with E-state index < -0.39 is 6.04 Å². The van der Waals surface area contributed by atoms with Gasteiger partial charge in [0.1, 0.15) is 6.04 Å². The summed E-state index contributed by atoms with van der Waals surface area (Å²) in [6.07, 6.45) is 3.59. The number of carbonyl (C=O) groups is 2. The van der Waals surface area contributed by atoms with Crippen LogP contribution in [0.5, 0.6) is 0 Å². The minimum atomic E-state index is -0.548. The van der Waals surface area contributed by atoms with Crippen LogP contribution in [0.3, 0.4) is 0 Å². The Kier molecular flexibility index (Phi) is 4.04. The van der Waals surface area contributed by atoms with E-state index in [1.165, 1.54) is 11.8 Å². The number of carbonyl (C=O) groups excluding carboxylic acids is 2. The minimum absolute atomic E-state index is 0.134. The number of H-pyrrole nitrogens is 1. The minimum Gasteiger partial charge on any atom is -0.348 e. The highest BCUT2D eigenvalue weighted by Crippen LogP contribution is 2.01. The van der Waals surface area contributed by atoms with Gasteiger partial charge in [-0.15, -0.1) is 0 Å². The average Bonchev–Trinajstić information content (AvgIpc) is 2.67. The summed E-state index contributed by atoms with van der Waals surface area (Å²) >= 11 is 0. The lowest BCUT2D eigenvalue weighted by molar-refractivity contribution is -0.133. The van der Waals surface area contributed by atoms with Gasteiger partial charge >= 0.3 is 0 Å². The van der Waals surface area contributed by atoms with Gasteiger partial charge in [0, 0.05) is 39.3 Å². The maximum Gasteiger partial charge on any atom is 0.245 e. The van der Waals surface area contributed by atoms with E-state index in [-0.39, 0.29) is 11.8 Å². The first kappa shape index (κ1) is 12.2. The monoisotopic (exact) mass is 224 g/mol. The van der Waals surface area contributed by atoms with E-state index in [1.54, 1.807) is 26.6 Å². The Bertz CT molecular complexity index is 359. The number of aromatic nitrogens is 2. The fraction of sp³-hybridized carbons (Fsp3) is 0.500. The topological polar surface area (TPSA) is 78.1 Å². The third-order valence-electron chi connectivity index (χ3n) is 2.10. The number of aromatic amines is 1. The van der Waals surface area contributed by atoms with Crippen LogP contribution in [-0.4, -0.2) is 46.8 Å². The molecule has 1 rings (SSSR count). The molecule has 16 heavy (non-hydrogen) atoms. The van der Waals surface area contributed by atoms with Gasteiger partial charge in [0.2, 0.25) is 11.8 Å². The highest BCUT2D eigenvalue weighted by molar-refractivity contribution is 5.86. The zero-order valence-electron chi connectivity index (χ0n) is 9.65. The number of nitrogens with zero attached hydrogens (tertiary/aromatic N) is 2. The molecule has 2 N–H and O–H groups in total. The van der Waals surface area contributed by atoms with Crippen LogP contribution in [0.2, 0.25) is 0 Å². The molecular formula is C10H16N4O2. The van der Waals surface area contributed by atoms with Crippen LogP contribution in [-0.2, 0) is 16.0 Å². The van der Waals surface area contributed by atoms with Crippen molar-refractivity contribution in [2.24, 2.45) is 0 Å². The van der Waals surface area contributed by atoms with Crippen LogP contribution >= 0.6 is 0 Å². The van der Waals surface area contributed by atoms with Gasteiger partial charge in [-0.25, -0.2) is 4.98 Å². The van der Waals surface area contributed by atoms with Crippen molar-refractivity contribution in [1.29, 1.82) is 0 Å². The molecule has 0 aliphatic rings. The van der Waals surface area contributed by atoms with E-state index in [1.807, 2.05) is 0 Å². The average molecular weight is 224 g/mol. The molecule has 0 saturated carbocycles. The smallest absolute Gasteiger partial charge is 0.245 e. The fourth-order valence-electron chi connectivity index (χ4n) is 1.37. The van der Waals surface area contributed by atoms with Crippen LogP contribution in [0.15, 0.2) is 12.5 Å². The molecular weight excluding hydrogens is 208 g/mol. The first-order chi connectivity index (χ1) is 7.50. The van der Waals surface area contributed by atoms with Crippen molar-refractivity contribution in [1.82, 2.24) is 20.2 Å². The van der Waals surface area contributed by atoms with Gasteiger partial charge in [-0.1, -0.05) is 0 Å². The number of amides is 2. The largest absolute Gasteiger partial charge is 0.348 e. The first-order valence-electron chi connectivity index (χ1n) is 4.96. The molecule has 0 spiro atoms. The molecule has 88 valence electrons. The summed E-state index contributed by atoms with van der Waals surface area (Å²) in [6, 6.07) is -0.548. The van der Waals surface area contributed by atoms with Gasteiger partial charge in [-0.2, -0.15) is 0 Å². The van der Waals surface area contributed by atoms with Gasteiger partial charge in [0.15, 0.2) is 0 Å². The molecule has 0 aliphatic heterocycles. The molecule has 0 aromatic carbocycles. The Morgan fingerprint density at radius 2 is 2.25 bits per heavy atom. The van der Waals surface area contributed by atoms with Crippen molar-refractivity contribution in [3.05, 3.63) is 18.2 Å². The maximum absolute atomic E-state index is 11.8. The van der Waals surface area contributed by atoms with Gasteiger partial charge in [0.25, 0.3) is 0 Å². The Labute approximate surface area is 94.0 Å². The molecule has 6 heteroatoms. The zero-order valence-corrected chi connectivity index (χ0v) is 9.65. The second-order valence-corrected chi connectivity index (χ2v) is 3.77. The summed E-state index contributed by atoms with van der Waals surface area (Å²) in [7, 11) is 3.31. The fourth-order valence-corrected chi connectivity index (χ4v) is 1.37. The molecule has 1 unspecified atom stereocenters. The molecule has 0 fully saturated rings. The van der Waals surface area contributed by atoms with Gasteiger partial charge in [-0.05, 0) is 0 Å². The Morgan fingerprint density at radius 1 is 1.56 bits per heavy atom. The number of likely N-dealkylation sites (N-methyl/N-ethyl adjacent to an activating group) is 1. The number of hydrogen-bond acceptors (Lipinski definition) is 3. The van der Waals surface area contributed by atoms with Crippen LogP contribution in [0.4, 0.5) is 0 Å². The van der Waals surface area contributed by atoms with Crippen LogP contribution in [0, 0.1) is 0 Å². The summed E-state index contributed by atoms with van der Waals surface area (Å²) in [6.45, 7) is 1.39. The van der Waals surface area contributed by atoms with Crippen LogP contribution in [0.25, 0.3) is 0 Å². The summed E-state index contributed by atoms with van der Waals surface area (Å²) in [5, 5.41) is 2.62. The number of imidazole rings is 1. The Balaban J connectivity index is 2.71. The predicted molar refractivity (Wildman–Crippen MR) is 58.6 cm³/mol. The summed E-state index contributed by atoms with van der Waals surface area (Å²) in [5.74, 6) is -0.357. The Hall–Kier alpha value is -1.85. The zero-order chi connectivity index (χ0) is 12.1. The summed E-state index contributed by atoms with van der Waals surface area (Å²) in [4.78, 5) is 31.0. The SMILES string of the molecule is CC(=O)NC(Cc1cnc[nH]1)C(=O)N(C)C. The first-order valence-corrected chi connectivity index (χ1v) is 4.96. The highest BCUT2D eigenvalue weighted by Gasteiger charge is 2.21. The second-order valence-electron chi connectivity index (χ2n) is 3.77. The van der Waals surface area contributed by atoms with Gasteiger partial charge < -0.3 is 15.2 Å². The molecule has 2 amide bonds. The second kappa shape index (κ2) is 5.29. The van der Waals surface area contributed by atoms with Gasteiger partial charge in [-0.3, -0.25) is 9.59 Å². The standard InChI is InChI=1S/C10H16N4O2/c1-7(15)13-9(10(16)14(2)3)4-8-5-11-6-12-8/h5-6,9H,4H2,1-3H3,(H,11,12)(H,13,15). The lowest BCUT2D eigenvalue weighted by atomic mass is 10.1. The molecule has 1 aromatic heterocycles. The molecule has 0 saturated heterocycles. The van der Waals surface area contributed by atoms with E-state index in [0.29, 0.717) is 6.42 Å². The van der Waals surface area contributed by atoms with Gasteiger partial charge in [0.05, 0.1) is 6.33 Å². The van der Waals surface area contributed by atoms with Crippen LogP contribution in [0.1, 0.15) is 12.6 Å².